The van der Waals surface area contributed by atoms with Crippen molar-refractivity contribution >= 4 is 60.2 Å². The summed E-state index contributed by atoms with van der Waals surface area (Å²) in [6.45, 7) is 0. The lowest BCUT2D eigenvalue weighted by Crippen LogP contribution is -2.11. The van der Waals surface area contributed by atoms with E-state index < -0.39 is 0 Å². The van der Waals surface area contributed by atoms with Crippen LogP contribution >= 0.6 is 0 Å². The fourth-order valence-electron chi connectivity index (χ4n) is 7.95. The predicted octanol–water partition coefficient (Wildman–Crippen LogP) is 14.8. The van der Waals surface area contributed by atoms with Gasteiger partial charge >= 0.3 is 0 Å². The Morgan fingerprint density at radius 2 is 0.755 bits per heavy atom. The maximum atomic E-state index is 2.38. The molecule has 0 saturated carbocycles. The van der Waals surface area contributed by atoms with Crippen molar-refractivity contribution in [3.8, 4) is 33.4 Å². The first-order valence-corrected chi connectivity index (χ1v) is 18.3. The first kappa shape index (κ1) is 30.8. The predicted molar refractivity (Wildman–Crippen MR) is 227 cm³/mol. The number of nitrogens with zero attached hydrogens (tertiary/aromatic N) is 1. The van der Waals surface area contributed by atoms with Crippen molar-refractivity contribution in [2.24, 2.45) is 0 Å². The monoisotopic (exact) mass is 673 g/mol. The summed E-state index contributed by atoms with van der Waals surface area (Å²) in [6, 6.07) is 77.2. The van der Waals surface area contributed by atoms with Gasteiger partial charge in [0.15, 0.2) is 0 Å². The first-order chi connectivity index (χ1) is 26.3. The van der Waals surface area contributed by atoms with E-state index in [0.29, 0.717) is 0 Å². The molecule has 0 unspecified atom stereocenters. The Balaban J connectivity index is 1.05. The highest BCUT2D eigenvalue weighted by molar-refractivity contribution is 6.20. The van der Waals surface area contributed by atoms with Gasteiger partial charge in [0.1, 0.15) is 0 Å². The van der Waals surface area contributed by atoms with Crippen molar-refractivity contribution in [1.82, 2.24) is 0 Å². The zero-order valence-electron chi connectivity index (χ0n) is 29.2. The Labute approximate surface area is 309 Å². The summed E-state index contributed by atoms with van der Waals surface area (Å²) < 4.78 is 0. The van der Waals surface area contributed by atoms with Crippen molar-refractivity contribution in [2.75, 3.05) is 4.90 Å². The van der Waals surface area contributed by atoms with Crippen LogP contribution in [-0.4, -0.2) is 0 Å². The summed E-state index contributed by atoms with van der Waals surface area (Å²) >= 11 is 0. The smallest absolute Gasteiger partial charge is 0.0540 e. The normalized spacial score (nSPS) is 11.4. The van der Waals surface area contributed by atoms with Crippen LogP contribution in [0.4, 0.5) is 17.1 Å². The molecule has 0 heterocycles. The zero-order chi connectivity index (χ0) is 35.1. The van der Waals surface area contributed by atoms with E-state index in [1.54, 1.807) is 0 Å². The van der Waals surface area contributed by atoms with Crippen LogP contribution < -0.4 is 4.90 Å². The summed E-state index contributed by atoms with van der Waals surface area (Å²) in [4.78, 5) is 2.38. The Bertz CT molecular complexity index is 2920. The molecule has 1 nitrogen and oxygen atoms in total. The molecule has 0 aromatic heterocycles. The van der Waals surface area contributed by atoms with Gasteiger partial charge in [-0.3, -0.25) is 0 Å². The number of benzene rings is 10. The molecule has 0 N–H and O–H groups in total. The molecule has 0 aliphatic rings. The van der Waals surface area contributed by atoms with Crippen molar-refractivity contribution in [2.45, 2.75) is 0 Å². The van der Waals surface area contributed by atoms with Crippen LogP contribution in [0.25, 0.3) is 76.5 Å². The van der Waals surface area contributed by atoms with Crippen LogP contribution in [-0.2, 0) is 0 Å². The van der Waals surface area contributed by atoms with Gasteiger partial charge in [-0.25, -0.2) is 0 Å². The van der Waals surface area contributed by atoms with Gasteiger partial charge in [-0.1, -0.05) is 170 Å². The minimum absolute atomic E-state index is 1.11. The van der Waals surface area contributed by atoms with Gasteiger partial charge in [0.05, 0.1) is 5.69 Å². The average Bonchev–Trinajstić information content (AvgIpc) is 3.24. The summed E-state index contributed by atoms with van der Waals surface area (Å²) in [5.74, 6) is 0. The zero-order valence-corrected chi connectivity index (χ0v) is 29.2. The maximum absolute atomic E-state index is 2.38. The molecule has 0 spiro atoms. The third-order valence-electron chi connectivity index (χ3n) is 10.6. The number of rotatable bonds is 6. The van der Waals surface area contributed by atoms with Crippen LogP contribution in [0.3, 0.4) is 0 Å². The molecule has 0 amide bonds. The lowest BCUT2D eigenvalue weighted by molar-refractivity contribution is 1.28. The standard InChI is InChI=1S/C52H35N/c1-2-11-39(12-3-1)48-15-8-9-17-51(48)53(46-29-24-37(25-30-46)43-22-18-36-10-4-5-14-42(36)34-43)47-31-26-38(27-32-47)44-28-33-50-45(35-44)23-21-41-20-19-40-13-6-7-16-49(40)52(41)50/h1-35H. The van der Waals surface area contributed by atoms with E-state index in [2.05, 4.69) is 217 Å². The first-order valence-electron chi connectivity index (χ1n) is 18.3. The Hall–Kier alpha value is -6.96. The molecular formula is C52H35N. The van der Waals surface area contributed by atoms with E-state index in [1.807, 2.05) is 0 Å². The van der Waals surface area contributed by atoms with Crippen molar-refractivity contribution in [3.63, 3.8) is 0 Å². The van der Waals surface area contributed by atoms with Crippen molar-refractivity contribution in [1.29, 1.82) is 0 Å². The van der Waals surface area contributed by atoms with Crippen molar-refractivity contribution in [3.05, 3.63) is 212 Å². The second kappa shape index (κ2) is 13.0. The summed E-state index contributed by atoms with van der Waals surface area (Å²) in [6.07, 6.45) is 0. The molecule has 0 bridgehead atoms. The van der Waals surface area contributed by atoms with Gasteiger partial charge in [-0.15, -0.1) is 0 Å². The molecule has 0 aliphatic heterocycles. The third kappa shape index (κ3) is 5.60. The van der Waals surface area contributed by atoms with E-state index in [0.717, 1.165) is 17.1 Å². The molecule has 0 fully saturated rings. The van der Waals surface area contributed by atoms with Gasteiger partial charge in [0.25, 0.3) is 0 Å². The quantitative estimate of drug-likeness (QED) is 0.159. The highest BCUT2D eigenvalue weighted by Gasteiger charge is 2.18. The molecule has 248 valence electrons. The van der Waals surface area contributed by atoms with Gasteiger partial charge in [0.2, 0.25) is 0 Å². The number of hydrogen-bond acceptors (Lipinski definition) is 1. The summed E-state index contributed by atoms with van der Waals surface area (Å²) in [7, 11) is 0. The molecule has 0 aliphatic carbocycles. The van der Waals surface area contributed by atoms with Crippen LogP contribution in [0.1, 0.15) is 0 Å². The molecule has 0 atom stereocenters. The highest BCUT2D eigenvalue weighted by atomic mass is 15.1. The molecule has 10 rings (SSSR count). The van der Waals surface area contributed by atoms with Gasteiger partial charge in [-0.05, 0) is 113 Å². The summed E-state index contributed by atoms with van der Waals surface area (Å²) in [5, 5.41) is 10.2. The van der Waals surface area contributed by atoms with E-state index >= 15 is 0 Å². The summed E-state index contributed by atoms with van der Waals surface area (Å²) in [5.41, 5.74) is 10.5. The molecule has 53 heavy (non-hydrogen) atoms. The van der Waals surface area contributed by atoms with Gasteiger partial charge in [-0.2, -0.15) is 0 Å². The molecule has 0 radical (unpaired) electrons. The minimum atomic E-state index is 1.11. The number of para-hydroxylation sites is 1. The SMILES string of the molecule is c1ccc(-c2ccccc2N(c2ccc(-c3ccc4ccccc4c3)cc2)c2ccc(-c3ccc4c(ccc5ccc6ccccc6c54)c3)cc2)cc1. The topological polar surface area (TPSA) is 3.24 Å². The molecular weight excluding hydrogens is 639 g/mol. The highest BCUT2D eigenvalue weighted by Crippen LogP contribution is 2.42. The molecule has 0 saturated heterocycles. The van der Waals surface area contributed by atoms with Gasteiger partial charge < -0.3 is 4.90 Å². The molecule has 10 aromatic carbocycles. The molecule has 10 aromatic rings. The number of hydrogen-bond donors (Lipinski definition) is 0. The minimum Gasteiger partial charge on any atom is -0.310 e. The largest absolute Gasteiger partial charge is 0.310 e. The fraction of sp³-hybridized carbons (Fsp3) is 0. The second-order valence-electron chi connectivity index (χ2n) is 13.8. The van der Waals surface area contributed by atoms with E-state index in [-0.39, 0.29) is 0 Å². The lowest BCUT2D eigenvalue weighted by atomic mass is 9.94. The lowest BCUT2D eigenvalue weighted by Gasteiger charge is -2.28. The fourth-order valence-corrected chi connectivity index (χ4v) is 7.95. The van der Waals surface area contributed by atoms with E-state index in [9.17, 15) is 0 Å². The Morgan fingerprint density at radius 1 is 0.264 bits per heavy atom. The van der Waals surface area contributed by atoms with Gasteiger partial charge in [0, 0.05) is 16.9 Å². The van der Waals surface area contributed by atoms with Crippen LogP contribution in [0, 0.1) is 0 Å². The van der Waals surface area contributed by atoms with Crippen LogP contribution in [0.2, 0.25) is 0 Å². The number of fused-ring (bicyclic) bond motifs is 6. The van der Waals surface area contributed by atoms with E-state index in [4.69, 9.17) is 0 Å². The van der Waals surface area contributed by atoms with Crippen molar-refractivity contribution < 1.29 is 0 Å². The maximum Gasteiger partial charge on any atom is 0.0540 e. The molecule has 1 heteroatoms. The van der Waals surface area contributed by atoms with Crippen LogP contribution in [0.5, 0.6) is 0 Å². The average molecular weight is 674 g/mol. The Morgan fingerprint density at radius 3 is 1.49 bits per heavy atom. The number of anilines is 3. The third-order valence-corrected chi connectivity index (χ3v) is 10.6. The van der Waals surface area contributed by atoms with E-state index in [1.165, 1.54) is 76.5 Å². The second-order valence-corrected chi connectivity index (χ2v) is 13.8. The Kier molecular flexibility index (Phi) is 7.55. The van der Waals surface area contributed by atoms with Crippen LogP contribution in [0.15, 0.2) is 212 Å².